The lowest BCUT2D eigenvalue weighted by Crippen LogP contribution is -2.46. The number of amides is 3. The van der Waals surface area contributed by atoms with Gasteiger partial charge >= 0.3 is 0 Å². The van der Waals surface area contributed by atoms with E-state index >= 15 is 0 Å². The molecule has 0 radical (unpaired) electrons. The van der Waals surface area contributed by atoms with Crippen LogP contribution in [0.5, 0.6) is 0 Å². The van der Waals surface area contributed by atoms with Gasteiger partial charge in [0.15, 0.2) is 0 Å². The first-order valence-corrected chi connectivity index (χ1v) is 8.44. The first kappa shape index (κ1) is 16.6. The molecule has 0 spiro atoms. The Bertz CT molecular complexity index is 656. The van der Waals surface area contributed by atoms with E-state index < -0.39 is 0 Å². The van der Waals surface area contributed by atoms with Crippen LogP contribution in [-0.2, 0) is 14.4 Å². The standard InChI is InChI=1S/C18H23N3O3/c1-12-4-3-9-20(11-12)16-10-17(23)21(18(16)24)15-7-5-14(6-8-15)19-13(2)22/h5-8,12,16H,3-4,9-11H2,1-2H3,(H,19,22)/t12-,16+/m1/s1. The summed E-state index contributed by atoms with van der Waals surface area (Å²) in [5.74, 6) is 0.111. The molecule has 2 saturated heterocycles. The number of carbonyl (C=O) groups excluding carboxylic acids is 3. The quantitative estimate of drug-likeness (QED) is 0.861. The fraction of sp³-hybridized carbons (Fsp3) is 0.500. The van der Waals surface area contributed by atoms with Gasteiger partial charge in [-0.05, 0) is 49.6 Å². The third-order valence-corrected chi connectivity index (χ3v) is 4.70. The molecule has 6 heteroatoms. The van der Waals surface area contributed by atoms with E-state index in [1.165, 1.54) is 18.2 Å². The smallest absolute Gasteiger partial charge is 0.251 e. The van der Waals surface area contributed by atoms with Gasteiger partial charge in [-0.2, -0.15) is 0 Å². The number of hydrogen-bond acceptors (Lipinski definition) is 4. The molecule has 0 aliphatic carbocycles. The number of carbonyl (C=O) groups is 3. The number of anilines is 2. The van der Waals surface area contributed by atoms with Crippen molar-refractivity contribution in [2.24, 2.45) is 5.92 Å². The number of imide groups is 1. The highest BCUT2D eigenvalue weighted by Crippen LogP contribution is 2.29. The largest absolute Gasteiger partial charge is 0.326 e. The van der Waals surface area contributed by atoms with E-state index in [0.29, 0.717) is 17.3 Å². The third-order valence-electron chi connectivity index (χ3n) is 4.70. The second-order valence-electron chi connectivity index (χ2n) is 6.76. The molecule has 1 aromatic rings. The average molecular weight is 329 g/mol. The lowest BCUT2D eigenvalue weighted by Gasteiger charge is -2.34. The van der Waals surface area contributed by atoms with Crippen molar-refractivity contribution in [3.63, 3.8) is 0 Å². The van der Waals surface area contributed by atoms with Gasteiger partial charge in [-0.3, -0.25) is 19.3 Å². The van der Waals surface area contributed by atoms with Gasteiger partial charge in [0.05, 0.1) is 18.2 Å². The fourth-order valence-corrected chi connectivity index (χ4v) is 3.58. The summed E-state index contributed by atoms with van der Waals surface area (Å²) < 4.78 is 0. The van der Waals surface area contributed by atoms with Crippen molar-refractivity contribution in [3.8, 4) is 0 Å². The van der Waals surface area contributed by atoms with E-state index in [-0.39, 0.29) is 30.2 Å². The van der Waals surface area contributed by atoms with Crippen molar-refractivity contribution in [2.75, 3.05) is 23.3 Å². The second kappa shape index (κ2) is 6.73. The molecule has 128 valence electrons. The molecule has 3 amide bonds. The van der Waals surface area contributed by atoms with Gasteiger partial charge in [-0.25, -0.2) is 4.90 Å². The Labute approximate surface area is 141 Å². The maximum Gasteiger partial charge on any atom is 0.251 e. The molecule has 0 bridgehead atoms. The lowest BCUT2D eigenvalue weighted by molar-refractivity contribution is -0.123. The summed E-state index contributed by atoms with van der Waals surface area (Å²) in [6.45, 7) is 5.37. The molecule has 1 aromatic carbocycles. The van der Waals surface area contributed by atoms with Crippen molar-refractivity contribution in [3.05, 3.63) is 24.3 Å². The van der Waals surface area contributed by atoms with Gasteiger partial charge in [0.2, 0.25) is 11.8 Å². The van der Waals surface area contributed by atoms with E-state index in [1.54, 1.807) is 24.3 Å². The van der Waals surface area contributed by atoms with Gasteiger partial charge in [-0.15, -0.1) is 0 Å². The molecule has 1 N–H and O–H groups in total. The van der Waals surface area contributed by atoms with Crippen LogP contribution in [0.15, 0.2) is 24.3 Å². The van der Waals surface area contributed by atoms with Gasteiger partial charge in [-0.1, -0.05) is 6.92 Å². The van der Waals surface area contributed by atoms with Crippen LogP contribution < -0.4 is 10.2 Å². The number of likely N-dealkylation sites (tertiary alicyclic amines) is 1. The minimum Gasteiger partial charge on any atom is -0.326 e. The van der Waals surface area contributed by atoms with Gasteiger partial charge in [0.1, 0.15) is 0 Å². The number of hydrogen-bond donors (Lipinski definition) is 1. The molecule has 0 aromatic heterocycles. The topological polar surface area (TPSA) is 69.7 Å². The molecular formula is C18H23N3O3. The highest BCUT2D eigenvalue weighted by Gasteiger charge is 2.43. The van der Waals surface area contributed by atoms with Crippen LogP contribution in [0.3, 0.4) is 0 Å². The predicted molar refractivity (Wildman–Crippen MR) is 91.6 cm³/mol. The third kappa shape index (κ3) is 3.33. The molecule has 2 aliphatic rings. The molecule has 2 fully saturated rings. The number of rotatable bonds is 3. The first-order valence-electron chi connectivity index (χ1n) is 8.44. The molecule has 0 saturated carbocycles. The molecule has 24 heavy (non-hydrogen) atoms. The summed E-state index contributed by atoms with van der Waals surface area (Å²) in [5, 5.41) is 2.67. The van der Waals surface area contributed by atoms with Gasteiger partial charge < -0.3 is 5.32 Å². The molecule has 6 nitrogen and oxygen atoms in total. The number of nitrogens with zero attached hydrogens (tertiary/aromatic N) is 2. The Morgan fingerprint density at radius 1 is 1.21 bits per heavy atom. The minimum absolute atomic E-state index is 0.138. The summed E-state index contributed by atoms with van der Waals surface area (Å²) in [4.78, 5) is 39.7. The molecule has 0 unspecified atom stereocenters. The Hall–Kier alpha value is -2.21. The summed E-state index contributed by atoms with van der Waals surface area (Å²) in [5.41, 5.74) is 1.21. The Kier molecular flexibility index (Phi) is 4.66. The summed E-state index contributed by atoms with van der Waals surface area (Å²) in [7, 11) is 0. The summed E-state index contributed by atoms with van der Waals surface area (Å²) in [6.07, 6.45) is 2.50. The van der Waals surface area contributed by atoms with Crippen LogP contribution >= 0.6 is 0 Å². The summed E-state index contributed by atoms with van der Waals surface area (Å²) in [6, 6.07) is 6.46. The zero-order chi connectivity index (χ0) is 17.3. The monoisotopic (exact) mass is 329 g/mol. The van der Waals surface area contributed by atoms with Gasteiger partial charge in [0, 0.05) is 19.2 Å². The van der Waals surface area contributed by atoms with Crippen molar-refractivity contribution in [1.82, 2.24) is 4.90 Å². The zero-order valence-electron chi connectivity index (χ0n) is 14.1. The van der Waals surface area contributed by atoms with Crippen molar-refractivity contribution in [2.45, 2.75) is 39.2 Å². The molecule has 2 aliphatic heterocycles. The molecule has 3 rings (SSSR count). The Balaban J connectivity index is 1.75. The van der Waals surface area contributed by atoms with Crippen molar-refractivity contribution < 1.29 is 14.4 Å². The average Bonchev–Trinajstić information content (AvgIpc) is 2.83. The van der Waals surface area contributed by atoms with E-state index in [0.717, 1.165) is 19.5 Å². The van der Waals surface area contributed by atoms with E-state index in [1.807, 2.05) is 0 Å². The highest BCUT2D eigenvalue weighted by atomic mass is 16.2. The van der Waals surface area contributed by atoms with Crippen LogP contribution in [0.25, 0.3) is 0 Å². The zero-order valence-corrected chi connectivity index (χ0v) is 14.1. The number of nitrogens with one attached hydrogen (secondary N) is 1. The summed E-state index contributed by atoms with van der Waals surface area (Å²) >= 11 is 0. The number of piperidine rings is 1. The van der Waals surface area contributed by atoms with E-state index in [4.69, 9.17) is 0 Å². The SMILES string of the molecule is CC(=O)Nc1ccc(N2C(=O)C[C@H](N3CCC[C@@H](C)C3)C2=O)cc1. The normalized spacial score (nSPS) is 25.2. The molecule has 2 heterocycles. The van der Waals surface area contributed by atoms with Crippen molar-refractivity contribution in [1.29, 1.82) is 0 Å². The maximum atomic E-state index is 12.8. The molecule has 2 atom stereocenters. The Morgan fingerprint density at radius 3 is 2.54 bits per heavy atom. The predicted octanol–water partition coefficient (Wildman–Crippen LogP) is 2.01. The van der Waals surface area contributed by atoms with E-state index in [9.17, 15) is 14.4 Å². The maximum absolute atomic E-state index is 12.8. The van der Waals surface area contributed by atoms with Crippen LogP contribution in [-0.4, -0.2) is 41.8 Å². The lowest BCUT2D eigenvalue weighted by atomic mass is 9.98. The van der Waals surface area contributed by atoms with E-state index in [2.05, 4.69) is 17.1 Å². The minimum atomic E-state index is -0.338. The van der Waals surface area contributed by atoms with Crippen molar-refractivity contribution >= 4 is 29.1 Å². The highest BCUT2D eigenvalue weighted by molar-refractivity contribution is 6.22. The second-order valence-corrected chi connectivity index (χ2v) is 6.76. The first-order chi connectivity index (χ1) is 11.5. The fourth-order valence-electron chi connectivity index (χ4n) is 3.58. The Morgan fingerprint density at radius 2 is 1.92 bits per heavy atom. The number of benzene rings is 1. The molecular weight excluding hydrogens is 306 g/mol. The van der Waals surface area contributed by atoms with Crippen LogP contribution in [0.2, 0.25) is 0 Å². The van der Waals surface area contributed by atoms with Crippen LogP contribution in [0.1, 0.15) is 33.1 Å². The van der Waals surface area contributed by atoms with Crippen LogP contribution in [0.4, 0.5) is 11.4 Å². The van der Waals surface area contributed by atoms with Crippen LogP contribution in [0, 0.1) is 5.92 Å². The van der Waals surface area contributed by atoms with Gasteiger partial charge in [0.25, 0.3) is 5.91 Å².